The summed E-state index contributed by atoms with van der Waals surface area (Å²) in [5.41, 5.74) is 0. The molecule has 0 spiro atoms. The number of fused-ring (bicyclic) bond motifs is 1. The number of hydrogen-bond acceptors (Lipinski definition) is 3. The molecular formula is C7H4ClIN2O2. The second-order valence-electron chi connectivity index (χ2n) is 2.44. The van der Waals surface area contributed by atoms with E-state index < -0.39 is 0 Å². The number of amides is 1. The molecule has 0 aliphatic carbocycles. The highest BCUT2D eigenvalue weighted by molar-refractivity contribution is 14.1. The van der Waals surface area contributed by atoms with E-state index in [0.717, 1.165) is 0 Å². The highest BCUT2D eigenvalue weighted by atomic mass is 127. The fraction of sp³-hybridized carbons (Fsp3) is 0.143. The van der Waals surface area contributed by atoms with Gasteiger partial charge in [-0.25, -0.2) is 4.98 Å². The van der Waals surface area contributed by atoms with Crippen molar-refractivity contribution in [2.24, 2.45) is 0 Å². The smallest absolute Gasteiger partial charge is 0.263 e. The Hall–Kier alpha value is -0.560. The molecule has 0 atom stereocenters. The lowest BCUT2D eigenvalue weighted by atomic mass is 10.4. The van der Waals surface area contributed by atoms with Gasteiger partial charge in [0.2, 0.25) is 0 Å². The number of hydrogen-bond donors (Lipinski definition) is 1. The second-order valence-corrected chi connectivity index (χ2v) is 3.87. The molecule has 1 aliphatic rings. The van der Waals surface area contributed by atoms with Crippen LogP contribution in [0.25, 0.3) is 0 Å². The molecule has 2 heterocycles. The Balaban J connectivity index is 2.49. The zero-order valence-corrected chi connectivity index (χ0v) is 9.22. The number of halogens is 2. The number of nitrogens with zero attached hydrogens (tertiary/aromatic N) is 1. The molecule has 4 nitrogen and oxygen atoms in total. The van der Waals surface area contributed by atoms with Gasteiger partial charge in [0.1, 0.15) is 3.70 Å². The number of carbonyl (C=O) groups excluding carboxylic acids is 1. The minimum atomic E-state index is -0.196. The SMILES string of the molecule is O=C1COc2cc(Cl)c(I)nc2N1. The van der Waals surface area contributed by atoms with E-state index >= 15 is 0 Å². The second kappa shape index (κ2) is 3.30. The molecule has 0 unspecified atom stereocenters. The average Bonchev–Trinajstić information content (AvgIpc) is 2.08. The van der Waals surface area contributed by atoms with Crippen LogP contribution in [-0.2, 0) is 4.79 Å². The maximum Gasteiger partial charge on any atom is 0.263 e. The van der Waals surface area contributed by atoms with Gasteiger partial charge >= 0.3 is 0 Å². The summed E-state index contributed by atoms with van der Waals surface area (Å²) in [5.74, 6) is 0.758. The lowest BCUT2D eigenvalue weighted by molar-refractivity contribution is -0.118. The largest absolute Gasteiger partial charge is 0.480 e. The van der Waals surface area contributed by atoms with Crippen LogP contribution in [0.1, 0.15) is 0 Å². The first-order chi connectivity index (χ1) is 6.16. The van der Waals surface area contributed by atoms with Crippen LogP contribution in [0.3, 0.4) is 0 Å². The van der Waals surface area contributed by atoms with E-state index in [4.69, 9.17) is 16.3 Å². The van der Waals surface area contributed by atoms with Crippen LogP contribution >= 0.6 is 34.2 Å². The zero-order chi connectivity index (χ0) is 9.42. The molecule has 1 aliphatic heterocycles. The number of pyridine rings is 1. The van der Waals surface area contributed by atoms with Crippen molar-refractivity contribution < 1.29 is 9.53 Å². The predicted octanol–water partition coefficient (Wildman–Crippen LogP) is 1.67. The summed E-state index contributed by atoms with van der Waals surface area (Å²) in [7, 11) is 0. The molecule has 68 valence electrons. The van der Waals surface area contributed by atoms with Crippen LogP contribution in [0.4, 0.5) is 5.82 Å². The van der Waals surface area contributed by atoms with Gasteiger partial charge in [-0.3, -0.25) is 4.79 Å². The Morgan fingerprint density at radius 3 is 3.23 bits per heavy atom. The quantitative estimate of drug-likeness (QED) is 0.586. The van der Waals surface area contributed by atoms with Crippen LogP contribution in [0.15, 0.2) is 6.07 Å². The summed E-state index contributed by atoms with van der Waals surface area (Å²) < 4.78 is 5.75. The molecule has 2 rings (SSSR count). The molecule has 0 bridgehead atoms. The normalized spacial score (nSPS) is 14.5. The third-order valence-electron chi connectivity index (χ3n) is 1.51. The van der Waals surface area contributed by atoms with Gasteiger partial charge in [-0.1, -0.05) is 11.6 Å². The summed E-state index contributed by atoms with van der Waals surface area (Å²) in [6, 6.07) is 1.64. The number of rotatable bonds is 0. The van der Waals surface area contributed by atoms with Crippen LogP contribution in [-0.4, -0.2) is 17.5 Å². The van der Waals surface area contributed by atoms with Gasteiger partial charge in [-0.2, -0.15) is 0 Å². The maximum absolute atomic E-state index is 10.9. The Kier molecular flexibility index (Phi) is 2.29. The lowest BCUT2D eigenvalue weighted by Gasteiger charge is -2.16. The fourth-order valence-electron chi connectivity index (χ4n) is 0.961. The van der Waals surface area contributed by atoms with Crippen LogP contribution in [0.2, 0.25) is 5.02 Å². The third-order valence-corrected chi connectivity index (χ3v) is 2.94. The van der Waals surface area contributed by atoms with Gasteiger partial charge in [-0.05, 0) is 22.6 Å². The molecule has 13 heavy (non-hydrogen) atoms. The molecule has 1 N–H and O–H groups in total. The minimum absolute atomic E-state index is 0.0194. The first-order valence-corrected chi connectivity index (χ1v) is 4.91. The monoisotopic (exact) mass is 310 g/mol. The lowest BCUT2D eigenvalue weighted by Crippen LogP contribution is -2.26. The fourth-order valence-corrected chi connectivity index (χ4v) is 1.50. The van der Waals surface area contributed by atoms with Crippen molar-refractivity contribution in [2.75, 3.05) is 11.9 Å². The summed E-state index contributed by atoms with van der Waals surface area (Å²) in [5, 5.41) is 3.11. The standard InChI is InChI=1S/C7H4ClIN2O2/c8-3-1-4-7(11-6(3)9)10-5(12)2-13-4/h1H,2H2,(H,10,11,12). The van der Waals surface area contributed by atoms with Crippen LogP contribution in [0.5, 0.6) is 5.75 Å². The Labute approximate surface area is 92.8 Å². The average molecular weight is 310 g/mol. The molecule has 0 radical (unpaired) electrons. The summed E-state index contributed by atoms with van der Waals surface area (Å²) in [4.78, 5) is 15.0. The van der Waals surface area contributed by atoms with Gasteiger partial charge in [0, 0.05) is 6.07 Å². The summed E-state index contributed by atoms with van der Waals surface area (Å²) in [6.07, 6.45) is 0. The van der Waals surface area contributed by atoms with Crippen molar-refractivity contribution >= 4 is 45.9 Å². The van der Waals surface area contributed by atoms with Gasteiger partial charge in [-0.15, -0.1) is 0 Å². The van der Waals surface area contributed by atoms with E-state index in [9.17, 15) is 4.79 Å². The third kappa shape index (κ3) is 1.71. The van der Waals surface area contributed by atoms with Crippen molar-refractivity contribution in [3.8, 4) is 5.75 Å². The van der Waals surface area contributed by atoms with Crippen molar-refractivity contribution in [1.82, 2.24) is 4.98 Å². The molecule has 1 amide bonds. The van der Waals surface area contributed by atoms with E-state index in [2.05, 4.69) is 10.3 Å². The van der Waals surface area contributed by atoms with Crippen LogP contribution in [0, 0.1) is 3.70 Å². The van der Waals surface area contributed by atoms with Crippen molar-refractivity contribution in [3.63, 3.8) is 0 Å². The van der Waals surface area contributed by atoms with E-state index in [1.54, 1.807) is 6.07 Å². The van der Waals surface area contributed by atoms with Crippen molar-refractivity contribution in [1.29, 1.82) is 0 Å². The molecule has 1 aromatic heterocycles. The van der Waals surface area contributed by atoms with Gasteiger partial charge in [0.15, 0.2) is 18.2 Å². The first-order valence-electron chi connectivity index (χ1n) is 3.45. The number of anilines is 1. The molecule has 0 aromatic carbocycles. The zero-order valence-electron chi connectivity index (χ0n) is 6.30. The van der Waals surface area contributed by atoms with Crippen LogP contribution < -0.4 is 10.1 Å². The van der Waals surface area contributed by atoms with E-state index in [0.29, 0.717) is 20.3 Å². The molecular weight excluding hydrogens is 306 g/mol. The van der Waals surface area contributed by atoms with Crippen molar-refractivity contribution in [3.05, 3.63) is 14.8 Å². The predicted molar refractivity (Wildman–Crippen MR) is 56.1 cm³/mol. The molecule has 6 heteroatoms. The number of nitrogens with one attached hydrogen (secondary N) is 1. The molecule has 0 saturated carbocycles. The molecule has 1 aromatic rings. The molecule has 0 fully saturated rings. The summed E-state index contributed by atoms with van der Waals surface area (Å²) in [6.45, 7) is 0.0194. The Morgan fingerprint density at radius 1 is 1.69 bits per heavy atom. The van der Waals surface area contributed by atoms with Gasteiger partial charge < -0.3 is 10.1 Å². The number of aromatic nitrogens is 1. The van der Waals surface area contributed by atoms with Gasteiger partial charge in [0.05, 0.1) is 5.02 Å². The highest BCUT2D eigenvalue weighted by Gasteiger charge is 2.18. The number of carbonyl (C=O) groups is 1. The minimum Gasteiger partial charge on any atom is -0.480 e. The summed E-state index contributed by atoms with van der Waals surface area (Å²) >= 11 is 7.81. The highest BCUT2D eigenvalue weighted by Crippen LogP contribution is 2.30. The Bertz CT molecular complexity index is 383. The van der Waals surface area contributed by atoms with Gasteiger partial charge in [0.25, 0.3) is 5.91 Å². The Morgan fingerprint density at radius 2 is 2.46 bits per heavy atom. The van der Waals surface area contributed by atoms with Crippen molar-refractivity contribution in [2.45, 2.75) is 0 Å². The number of ether oxygens (including phenoxy) is 1. The van der Waals surface area contributed by atoms with E-state index in [1.807, 2.05) is 22.6 Å². The van der Waals surface area contributed by atoms with E-state index in [1.165, 1.54) is 0 Å². The topological polar surface area (TPSA) is 51.2 Å². The first kappa shape index (κ1) is 9.01. The molecule has 0 saturated heterocycles. The van der Waals surface area contributed by atoms with E-state index in [-0.39, 0.29) is 12.5 Å². The maximum atomic E-state index is 10.9.